The summed E-state index contributed by atoms with van der Waals surface area (Å²) in [6.07, 6.45) is 28.8. The second kappa shape index (κ2) is 56.4. The lowest BCUT2D eigenvalue weighted by molar-refractivity contribution is -0.156. The minimum Gasteiger partial charge on any atom is -0.463 e. The quantitative estimate of drug-likeness (QED) is 0.0143. The first-order valence-corrected chi connectivity index (χ1v) is 31.0. The number of rotatable bonds is 51. The molecule has 4 atom stereocenters. The molecule has 0 spiro atoms. The Balaban J connectivity index is 6.02. The normalized spacial score (nSPS) is 12.6. The summed E-state index contributed by atoms with van der Waals surface area (Å²) < 4.78 is 42.0. The molecule has 0 fully saturated rings. The zero-order valence-corrected chi connectivity index (χ0v) is 50.8. The Morgan fingerprint density at radius 2 is 0.936 bits per heavy atom. The van der Waals surface area contributed by atoms with E-state index in [9.17, 15) is 19.2 Å². The average molecular weight is 1100 g/mol. The van der Waals surface area contributed by atoms with Crippen LogP contribution in [0.5, 0.6) is 0 Å². The molecule has 4 unspecified atom stereocenters. The Hall–Kier alpha value is -3.90. The second-order valence-corrected chi connectivity index (χ2v) is 20.5. The van der Waals surface area contributed by atoms with Crippen LogP contribution in [0.3, 0.4) is 0 Å². The summed E-state index contributed by atoms with van der Waals surface area (Å²) >= 11 is 0. The Morgan fingerprint density at radius 3 is 1.45 bits per heavy atom. The minimum atomic E-state index is -0.766. The smallest absolute Gasteiger partial charge is 0.306 e. The van der Waals surface area contributed by atoms with Crippen molar-refractivity contribution in [2.75, 3.05) is 66.8 Å². The first-order chi connectivity index (χ1) is 38.0. The number of unbranched alkanes of at least 4 members (excludes halogenated alkanes) is 13. The van der Waals surface area contributed by atoms with Gasteiger partial charge in [-0.15, -0.1) is 35.5 Å². The van der Waals surface area contributed by atoms with Gasteiger partial charge in [0.1, 0.15) is 19.3 Å². The van der Waals surface area contributed by atoms with E-state index in [1.54, 1.807) is 4.90 Å². The number of nitrogens with zero attached hydrogens (tertiary/aromatic N) is 2. The molecule has 0 radical (unpaired) electrons. The monoisotopic (exact) mass is 1100 g/mol. The molecule has 0 aliphatic carbocycles. The third-order valence-corrected chi connectivity index (χ3v) is 12.8. The van der Waals surface area contributed by atoms with E-state index in [1.807, 2.05) is 25.1 Å². The van der Waals surface area contributed by atoms with Gasteiger partial charge in [-0.1, -0.05) is 111 Å². The van der Waals surface area contributed by atoms with Crippen molar-refractivity contribution in [3.8, 4) is 35.5 Å². The van der Waals surface area contributed by atoms with Crippen molar-refractivity contribution in [3.63, 3.8) is 0 Å². The summed E-state index contributed by atoms with van der Waals surface area (Å²) in [5.41, 5.74) is 0. The van der Waals surface area contributed by atoms with Gasteiger partial charge in [-0.3, -0.25) is 19.2 Å². The van der Waals surface area contributed by atoms with Crippen LogP contribution in [0.2, 0.25) is 0 Å². The molecular weight excluding hydrogens is 985 g/mol. The van der Waals surface area contributed by atoms with Crippen molar-refractivity contribution in [1.82, 2.24) is 9.80 Å². The van der Waals surface area contributed by atoms with Crippen LogP contribution in [0.4, 0.5) is 0 Å². The number of amides is 1. The summed E-state index contributed by atoms with van der Waals surface area (Å²) in [4.78, 5) is 57.9. The van der Waals surface area contributed by atoms with E-state index in [0.29, 0.717) is 104 Å². The summed E-state index contributed by atoms with van der Waals surface area (Å²) in [7, 11) is 3.92. The number of hydrogen-bond donors (Lipinski definition) is 0. The number of esters is 3. The zero-order valence-electron chi connectivity index (χ0n) is 50.8. The topological polar surface area (TPSA) is 139 Å². The molecule has 0 aromatic rings. The minimum absolute atomic E-state index is 0.0759. The zero-order chi connectivity index (χ0) is 57.4. The van der Waals surface area contributed by atoms with Crippen LogP contribution >= 0.6 is 0 Å². The van der Waals surface area contributed by atoms with Crippen LogP contribution < -0.4 is 0 Å². The number of hydrogen-bond acceptors (Lipinski definition) is 12. The van der Waals surface area contributed by atoms with Gasteiger partial charge in [0.05, 0.1) is 38.9 Å². The highest BCUT2D eigenvalue weighted by atomic mass is 16.7. The van der Waals surface area contributed by atoms with E-state index in [-0.39, 0.29) is 50.9 Å². The Morgan fingerprint density at radius 1 is 0.436 bits per heavy atom. The maximum atomic E-state index is 14.2. The van der Waals surface area contributed by atoms with E-state index >= 15 is 0 Å². The standard InChI is InChI=1S/C65H112N2O11/c1-9-15-20-25-28-31-40-55-75-65(74-54-39-30-27-22-17-11-3)47-36-34-45-62(70)77-57-58(67(51-41-50-66(7)8)60(68)48-49-63(71)78-59(42-14-6)43-32-23-18-12-4)56-76-61(69)44-33-35-46-64(72-52-37-24-19-13-5)73-53-38-29-26-21-16-10-2/h24,37,58-59,64-65H,9-23,25,32-36,38-57H2,1-8H3/b37-24+. The fourth-order valence-electron chi connectivity index (χ4n) is 8.15. The molecule has 13 heteroatoms. The Bertz CT molecular complexity index is 1690. The van der Waals surface area contributed by atoms with Crippen LogP contribution in [0.25, 0.3) is 0 Å². The van der Waals surface area contributed by atoms with Gasteiger partial charge in [0, 0.05) is 64.3 Å². The van der Waals surface area contributed by atoms with Crippen LogP contribution in [0.1, 0.15) is 253 Å². The highest BCUT2D eigenvalue weighted by Gasteiger charge is 2.28. The average Bonchev–Trinajstić information content (AvgIpc) is 3.43. The summed E-state index contributed by atoms with van der Waals surface area (Å²) in [6, 6.07) is -0.766. The van der Waals surface area contributed by atoms with Gasteiger partial charge in [0.2, 0.25) is 5.91 Å². The maximum absolute atomic E-state index is 14.2. The first-order valence-electron chi connectivity index (χ1n) is 31.0. The predicted octanol–water partition coefficient (Wildman–Crippen LogP) is 14.0. The molecule has 78 heavy (non-hydrogen) atoms. The van der Waals surface area contributed by atoms with Crippen LogP contribution in [0.15, 0.2) is 12.2 Å². The van der Waals surface area contributed by atoms with Gasteiger partial charge in [0.15, 0.2) is 12.6 Å². The lowest BCUT2D eigenvalue weighted by Crippen LogP contribution is -2.47. The molecule has 13 nitrogen and oxygen atoms in total. The van der Waals surface area contributed by atoms with Crippen molar-refractivity contribution < 1.29 is 52.3 Å². The Kier molecular flexibility index (Phi) is 53.6. The molecule has 0 aliphatic heterocycles. The van der Waals surface area contributed by atoms with Crippen LogP contribution in [-0.4, -0.2) is 125 Å². The van der Waals surface area contributed by atoms with Crippen molar-refractivity contribution in [2.24, 2.45) is 0 Å². The molecular formula is C65H112N2O11. The van der Waals surface area contributed by atoms with Crippen molar-refractivity contribution in [1.29, 1.82) is 0 Å². The van der Waals surface area contributed by atoms with Gasteiger partial charge in [-0.2, -0.15) is 0 Å². The molecule has 0 aliphatic rings. The SMILES string of the molecule is CCC/C=C/COC(CCCCC(=O)OCC(COC(=O)CCCCC(OCCC#CCCCC)OCCC#CCCCCC)N(CCCN(C)C)C(=O)CCC(=O)OC(CCC)CCCCCC)OCCC#CCCCC. The van der Waals surface area contributed by atoms with Gasteiger partial charge < -0.3 is 43.0 Å². The van der Waals surface area contributed by atoms with E-state index in [2.05, 4.69) is 83.1 Å². The largest absolute Gasteiger partial charge is 0.463 e. The molecule has 0 rings (SSSR count). The molecule has 0 aromatic heterocycles. The first kappa shape index (κ1) is 74.1. The molecule has 448 valence electrons. The lowest BCUT2D eigenvalue weighted by atomic mass is 10.1. The second-order valence-electron chi connectivity index (χ2n) is 20.5. The maximum Gasteiger partial charge on any atom is 0.306 e. The summed E-state index contributed by atoms with van der Waals surface area (Å²) in [5.74, 6) is 17.7. The van der Waals surface area contributed by atoms with Crippen LogP contribution in [0, 0.1) is 35.5 Å². The van der Waals surface area contributed by atoms with Gasteiger partial charge in [-0.05, 0) is 111 Å². The summed E-state index contributed by atoms with van der Waals surface area (Å²) in [6.45, 7) is 15.4. The highest BCUT2D eigenvalue weighted by molar-refractivity contribution is 5.82. The lowest BCUT2D eigenvalue weighted by Gasteiger charge is -2.32. The van der Waals surface area contributed by atoms with Crippen molar-refractivity contribution >= 4 is 23.8 Å². The van der Waals surface area contributed by atoms with Crippen molar-refractivity contribution in [2.45, 2.75) is 278 Å². The van der Waals surface area contributed by atoms with Gasteiger partial charge >= 0.3 is 17.9 Å². The number of carbonyl (C=O) groups excluding carboxylic acids is 4. The Labute approximate surface area is 476 Å². The third-order valence-electron chi connectivity index (χ3n) is 12.8. The highest BCUT2D eigenvalue weighted by Crippen LogP contribution is 2.17. The summed E-state index contributed by atoms with van der Waals surface area (Å²) in [5, 5.41) is 0. The molecule has 1 amide bonds. The number of carbonyl (C=O) groups is 4. The number of ether oxygens (including phenoxy) is 7. The van der Waals surface area contributed by atoms with E-state index in [1.165, 1.54) is 12.8 Å². The van der Waals surface area contributed by atoms with E-state index in [0.717, 1.165) is 109 Å². The molecule has 0 bridgehead atoms. The van der Waals surface area contributed by atoms with Crippen LogP contribution in [-0.2, 0) is 52.3 Å². The third kappa shape index (κ3) is 48.0. The fourth-order valence-corrected chi connectivity index (χ4v) is 8.15. The van der Waals surface area contributed by atoms with Gasteiger partial charge in [0.25, 0.3) is 0 Å². The fraction of sp³-hybridized carbons (Fsp3) is 0.815. The molecule has 0 aromatic carbocycles. The number of allylic oxidation sites excluding steroid dienone is 1. The molecule has 0 saturated carbocycles. The van der Waals surface area contributed by atoms with E-state index < -0.39 is 36.5 Å². The van der Waals surface area contributed by atoms with E-state index in [4.69, 9.17) is 33.2 Å². The molecule has 0 saturated heterocycles. The van der Waals surface area contributed by atoms with Gasteiger partial charge in [-0.25, -0.2) is 0 Å². The molecule has 0 heterocycles. The predicted molar refractivity (Wildman–Crippen MR) is 316 cm³/mol. The van der Waals surface area contributed by atoms with Crippen molar-refractivity contribution in [3.05, 3.63) is 12.2 Å². The molecule has 0 N–H and O–H groups in total.